The number of hydrogen-bond donors (Lipinski definition) is 0. The van der Waals surface area contributed by atoms with Gasteiger partial charge in [-0.25, -0.2) is 0 Å². The molecule has 0 rings (SSSR count). The summed E-state index contributed by atoms with van der Waals surface area (Å²) in [5.74, 6) is 0. The van der Waals surface area contributed by atoms with Gasteiger partial charge >= 0.3 is 25.7 Å². The fourth-order valence-electron chi connectivity index (χ4n) is 3.87. The van der Waals surface area contributed by atoms with Crippen LogP contribution in [0.5, 0.6) is 0 Å². The molecule has 0 aromatic heterocycles. The molecule has 0 radical (unpaired) electrons. The molecule has 0 aliphatic carbocycles. The Morgan fingerprint density at radius 2 is 1.13 bits per heavy atom. The molecule has 0 N–H and O–H groups in total. The van der Waals surface area contributed by atoms with Crippen LogP contribution in [0.4, 0.5) is 0 Å². The van der Waals surface area contributed by atoms with Gasteiger partial charge in [-0.2, -0.15) is 0 Å². The van der Waals surface area contributed by atoms with Gasteiger partial charge in [0.25, 0.3) is 0 Å². The van der Waals surface area contributed by atoms with Gasteiger partial charge in [0.1, 0.15) is 0 Å². The molecule has 0 aromatic rings. The second-order valence-electron chi connectivity index (χ2n) is 11.7. The highest BCUT2D eigenvalue weighted by atomic mass is 28.5. The van der Waals surface area contributed by atoms with Gasteiger partial charge in [0.15, 0.2) is 8.32 Å². The van der Waals surface area contributed by atoms with Crippen molar-refractivity contribution in [2.45, 2.75) is 130 Å². The smallest absolute Gasteiger partial charge is 0.337 e. The van der Waals surface area contributed by atoms with E-state index in [2.05, 4.69) is 95.0 Å². The first kappa shape index (κ1) is 31.7. The summed E-state index contributed by atoms with van der Waals surface area (Å²) < 4.78 is 33.1. The normalized spacial score (nSPS) is 16.5. The van der Waals surface area contributed by atoms with Crippen molar-refractivity contribution in [2.75, 3.05) is 13.2 Å². The molecule has 0 spiro atoms. The summed E-state index contributed by atoms with van der Waals surface area (Å²) in [6.07, 6.45) is 1.07. The Bertz CT molecular complexity index is 512. The minimum Gasteiger partial charge on any atom is -0.436 e. The summed E-state index contributed by atoms with van der Waals surface area (Å²) in [6.45, 7) is 32.1. The van der Waals surface area contributed by atoms with Gasteiger partial charge in [0.05, 0.1) is 5.60 Å². The quantitative estimate of drug-likeness (QED) is 0.226. The van der Waals surface area contributed by atoms with E-state index in [9.17, 15) is 0 Å². The van der Waals surface area contributed by atoms with Crippen LogP contribution < -0.4 is 0 Å². The summed E-state index contributed by atoms with van der Waals surface area (Å²) in [6, 6.07) is 2.81. The van der Waals surface area contributed by atoms with Gasteiger partial charge in [-0.15, -0.1) is 0 Å². The largest absolute Gasteiger partial charge is 0.436 e. The molecule has 0 heterocycles. The van der Waals surface area contributed by atoms with E-state index in [0.717, 1.165) is 24.6 Å². The average Bonchev–Trinajstić information content (AvgIpc) is 2.49. The van der Waals surface area contributed by atoms with Crippen LogP contribution in [-0.2, 0) is 21.5 Å². The van der Waals surface area contributed by atoms with Crippen LogP contribution in [0.2, 0.25) is 55.9 Å². The summed E-state index contributed by atoms with van der Waals surface area (Å²) in [4.78, 5) is 0. The maximum atomic E-state index is 7.09. The van der Waals surface area contributed by atoms with Gasteiger partial charge in [-0.1, -0.05) is 34.1 Å². The monoisotopic (exact) mass is 510 g/mol. The zero-order chi connectivity index (χ0) is 24.8. The van der Waals surface area contributed by atoms with Crippen molar-refractivity contribution in [3.05, 3.63) is 0 Å². The van der Waals surface area contributed by atoms with Crippen molar-refractivity contribution in [1.82, 2.24) is 0 Å². The lowest BCUT2D eigenvalue weighted by molar-refractivity contribution is 0.0883. The molecule has 9 heteroatoms. The molecule has 1 atom stereocenters. The lowest BCUT2D eigenvalue weighted by Crippen LogP contribution is -2.59. The minimum absolute atomic E-state index is 0.124. The summed E-state index contributed by atoms with van der Waals surface area (Å²) in [5.41, 5.74) is -0.237. The second kappa shape index (κ2) is 11.9. The molecule has 0 aliphatic heterocycles. The fraction of sp³-hybridized carbons (Fsp3) is 1.00. The van der Waals surface area contributed by atoms with Crippen molar-refractivity contribution in [3.8, 4) is 0 Å². The van der Waals surface area contributed by atoms with Crippen molar-refractivity contribution in [2.24, 2.45) is 0 Å². The van der Waals surface area contributed by atoms with Crippen LogP contribution >= 0.6 is 0 Å². The topological polar surface area (TPSA) is 46.2 Å². The predicted octanol–water partition coefficient (Wildman–Crippen LogP) is 7.54. The van der Waals surface area contributed by atoms with Gasteiger partial charge in [0, 0.05) is 13.2 Å². The molecule has 0 saturated carbocycles. The first-order chi connectivity index (χ1) is 13.8. The van der Waals surface area contributed by atoms with Gasteiger partial charge in [-0.05, 0) is 90.5 Å². The standard InChI is InChI=1S/C22H54O5Si4/c1-15-18-31(23-16-2,24-17-3)20-19-30(14,26-28(10,11)22(7,8)9)27-29(12,13)25-21(4,5)6/h15-20H2,1-14H3. The Kier molecular flexibility index (Phi) is 12.1. The zero-order valence-corrected chi connectivity index (χ0v) is 27.3. The summed E-state index contributed by atoms with van der Waals surface area (Å²) in [7, 11) is -9.24. The van der Waals surface area contributed by atoms with E-state index in [-0.39, 0.29) is 10.6 Å². The molecule has 0 aliphatic rings. The van der Waals surface area contributed by atoms with Gasteiger partial charge < -0.3 is 21.5 Å². The minimum atomic E-state index is -2.55. The van der Waals surface area contributed by atoms with Gasteiger partial charge in [-0.3, -0.25) is 0 Å². The third kappa shape index (κ3) is 11.6. The van der Waals surface area contributed by atoms with E-state index < -0.39 is 34.0 Å². The van der Waals surface area contributed by atoms with Crippen LogP contribution in [0.3, 0.4) is 0 Å². The van der Waals surface area contributed by atoms with Crippen molar-refractivity contribution < 1.29 is 21.5 Å². The van der Waals surface area contributed by atoms with E-state index >= 15 is 0 Å². The fourth-order valence-corrected chi connectivity index (χ4v) is 22.6. The van der Waals surface area contributed by atoms with E-state index in [1.807, 2.05) is 0 Å². The lowest BCUT2D eigenvalue weighted by atomic mass is 10.2. The number of rotatable bonds is 14. The Morgan fingerprint density at radius 3 is 1.48 bits per heavy atom. The van der Waals surface area contributed by atoms with Gasteiger partial charge in [0.2, 0.25) is 0 Å². The highest BCUT2D eigenvalue weighted by molar-refractivity contribution is 6.88. The molecule has 0 bridgehead atoms. The van der Waals surface area contributed by atoms with Crippen LogP contribution in [0, 0.1) is 0 Å². The summed E-state index contributed by atoms with van der Waals surface area (Å²) >= 11 is 0. The highest BCUT2D eigenvalue weighted by Crippen LogP contribution is 2.41. The molecule has 0 aromatic carbocycles. The number of hydrogen-bond acceptors (Lipinski definition) is 5. The molecule has 188 valence electrons. The second-order valence-corrected chi connectivity index (χ2v) is 27.1. The average molecular weight is 511 g/mol. The molecule has 5 nitrogen and oxygen atoms in total. The lowest BCUT2D eigenvalue weighted by Gasteiger charge is -2.46. The third-order valence-corrected chi connectivity index (χ3v) is 23.4. The third-order valence-electron chi connectivity index (χ3n) is 5.70. The van der Waals surface area contributed by atoms with E-state index in [4.69, 9.17) is 21.5 Å². The SMILES string of the molecule is CCC[Si](CC[Si](C)(O[Si](C)(C)OC(C)(C)C)O[Si](C)(C)C(C)(C)C)(OCC)OCC. The molecule has 0 fully saturated rings. The summed E-state index contributed by atoms with van der Waals surface area (Å²) in [5, 5.41) is 0.124. The van der Waals surface area contributed by atoms with Crippen LogP contribution in [0.15, 0.2) is 0 Å². The van der Waals surface area contributed by atoms with Crippen molar-refractivity contribution in [1.29, 1.82) is 0 Å². The van der Waals surface area contributed by atoms with Crippen molar-refractivity contribution in [3.63, 3.8) is 0 Å². The molecule has 0 saturated heterocycles. The molecular formula is C22H54O5Si4. The van der Waals surface area contributed by atoms with Crippen molar-refractivity contribution >= 4 is 34.0 Å². The maximum absolute atomic E-state index is 7.09. The Morgan fingerprint density at radius 1 is 0.645 bits per heavy atom. The predicted molar refractivity (Wildman–Crippen MR) is 143 cm³/mol. The highest BCUT2D eigenvalue weighted by Gasteiger charge is 2.50. The first-order valence-corrected chi connectivity index (χ1v) is 22.6. The Balaban J connectivity index is 5.95. The molecule has 31 heavy (non-hydrogen) atoms. The van der Waals surface area contributed by atoms with Crippen LogP contribution in [-0.4, -0.2) is 52.8 Å². The zero-order valence-electron chi connectivity index (χ0n) is 23.3. The first-order valence-electron chi connectivity index (χ1n) is 12.1. The van der Waals surface area contributed by atoms with Crippen LogP contribution in [0.1, 0.15) is 68.7 Å². The van der Waals surface area contributed by atoms with E-state index in [1.165, 1.54) is 0 Å². The van der Waals surface area contributed by atoms with E-state index in [0.29, 0.717) is 13.2 Å². The molecule has 0 amide bonds. The molecule has 1 unspecified atom stereocenters. The Labute approximate surface area is 198 Å². The van der Waals surface area contributed by atoms with E-state index in [1.54, 1.807) is 0 Å². The Hall–Kier alpha value is 0.668. The maximum Gasteiger partial charge on any atom is 0.337 e. The molecular weight excluding hydrogens is 457 g/mol. The van der Waals surface area contributed by atoms with Crippen LogP contribution in [0.25, 0.3) is 0 Å².